The minimum atomic E-state index is -3.20. The van der Waals surface area contributed by atoms with Gasteiger partial charge in [0.15, 0.2) is 0 Å². The van der Waals surface area contributed by atoms with Gasteiger partial charge in [0.25, 0.3) is 0 Å². The molecule has 11 heteroatoms. The number of carbonyl (C=O) groups is 1. The maximum Gasteiger partial charge on any atom is 0.316 e. The molecule has 1 amide bonds. The van der Waals surface area contributed by atoms with Gasteiger partial charge < -0.3 is 15.4 Å². The van der Waals surface area contributed by atoms with Gasteiger partial charge in [0.2, 0.25) is 11.7 Å². The van der Waals surface area contributed by atoms with E-state index >= 15 is 0 Å². The van der Waals surface area contributed by atoms with E-state index in [2.05, 4.69) is 35.6 Å². The summed E-state index contributed by atoms with van der Waals surface area (Å²) in [5.74, 6) is -3.72. The van der Waals surface area contributed by atoms with Gasteiger partial charge in [-0.1, -0.05) is 0 Å². The first-order valence-electron chi connectivity index (χ1n) is 8.82. The van der Waals surface area contributed by atoms with E-state index in [9.17, 15) is 13.6 Å². The fourth-order valence-corrected chi connectivity index (χ4v) is 2.56. The van der Waals surface area contributed by atoms with Crippen molar-refractivity contribution in [2.45, 2.75) is 26.7 Å². The number of rotatable bonds is 6. The number of carbonyl (C=O) groups excluding carboxylic acids is 1. The third kappa shape index (κ3) is 4.99. The minimum Gasteiger partial charge on any atom is -0.467 e. The Hall–Kier alpha value is -3.76. The van der Waals surface area contributed by atoms with Crippen LogP contribution in [0.1, 0.15) is 25.4 Å². The predicted octanol–water partition coefficient (Wildman–Crippen LogP) is 3.46. The van der Waals surface area contributed by atoms with Gasteiger partial charge in [0.05, 0.1) is 18.5 Å². The third-order valence-electron chi connectivity index (χ3n) is 3.81. The zero-order valence-corrected chi connectivity index (χ0v) is 16.7. The summed E-state index contributed by atoms with van der Waals surface area (Å²) in [6.45, 7) is 3.84. The van der Waals surface area contributed by atoms with Crippen molar-refractivity contribution < 1.29 is 18.3 Å². The molecule has 0 aliphatic rings. The van der Waals surface area contributed by atoms with Crippen molar-refractivity contribution in [2.24, 2.45) is 0 Å². The van der Waals surface area contributed by atoms with E-state index in [1.807, 2.05) is 0 Å². The second-order valence-corrected chi connectivity index (χ2v) is 6.46. The molecule has 156 valence electrons. The number of hydrogen-bond donors (Lipinski definition) is 2. The van der Waals surface area contributed by atoms with Crippen LogP contribution >= 0.6 is 0 Å². The van der Waals surface area contributed by atoms with Crippen LogP contribution in [-0.4, -0.2) is 37.9 Å². The van der Waals surface area contributed by atoms with Crippen LogP contribution in [0.2, 0.25) is 0 Å². The standard InChI is InChI=1S/C19H19F2N7O2/c1-10-7-13(27-18(24-10)30-4)12-9-23-16(25-11(2)29)8-14(12)26-15-5-6-22-17(28-15)19(3,20)21/h5-9H,1-4H3,(H2,22,23,25,26,28,29). The van der Waals surface area contributed by atoms with Gasteiger partial charge in [-0.05, 0) is 19.1 Å². The normalized spacial score (nSPS) is 11.1. The van der Waals surface area contributed by atoms with Crippen LogP contribution in [0.25, 0.3) is 11.3 Å². The molecule has 0 unspecified atom stereocenters. The summed E-state index contributed by atoms with van der Waals surface area (Å²) >= 11 is 0. The number of pyridine rings is 1. The maximum atomic E-state index is 13.6. The van der Waals surface area contributed by atoms with Crippen LogP contribution in [-0.2, 0) is 10.7 Å². The van der Waals surface area contributed by atoms with Crippen LogP contribution in [0, 0.1) is 6.92 Å². The van der Waals surface area contributed by atoms with E-state index in [1.165, 1.54) is 32.5 Å². The van der Waals surface area contributed by atoms with Crippen LogP contribution in [0.5, 0.6) is 6.01 Å². The van der Waals surface area contributed by atoms with Crippen LogP contribution < -0.4 is 15.4 Å². The van der Waals surface area contributed by atoms with E-state index in [1.54, 1.807) is 19.1 Å². The van der Waals surface area contributed by atoms with Crippen molar-refractivity contribution in [1.82, 2.24) is 24.9 Å². The molecule has 9 nitrogen and oxygen atoms in total. The summed E-state index contributed by atoms with van der Waals surface area (Å²) < 4.78 is 32.3. The lowest BCUT2D eigenvalue weighted by Gasteiger charge is -2.15. The topological polar surface area (TPSA) is 115 Å². The molecule has 0 aromatic carbocycles. The fraction of sp³-hybridized carbons (Fsp3) is 0.263. The highest BCUT2D eigenvalue weighted by molar-refractivity contribution is 5.89. The summed E-state index contributed by atoms with van der Waals surface area (Å²) in [6, 6.07) is 4.88. The van der Waals surface area contributed by atoms with Gasteiger partial charge >= 0.3 is 11.9 Å². The van der Waals surface area contributed by atoms with Crippen LogP contribution in [0.15, 0.2) is 30.6 Å². The molecule has 3 heterocycles. The molecule has 0 atom stereocenters. The van der Waals surface area contributed by atoms with Gasteiger partial charge in [0, 0.05) is 43.6 Å². The summed E-state index contributed by atoms with van der Waals surface area (Å²) in [4.78, 5) is 31.6. The molecule has 3 aromatic rings. The molecule has 0 aliphatic carbocycles. The predicted molar refractivity (Wildman–Crippen MR) is 106 cm³/mol. The van der Waals surface area contributed by atoms with Crippen molar-refractivity contribution in [2.75, 3.05) is 17.7 Å². The number of methoxy groups -OCH3 is 1. The monoisotopic (exact) mass is 415 g/mol. The Morgan fingerprint density at radius 3 is 2.57 bits per heavy atom. The molecule has 0 bridgehead atoms. The molecule has 0 radical (unpaired) electrons. The zero-order valence-electron chi connectivity index (χ0n) is 16.7. The first-order chi connectivity index (χ1) is 14.2. The van der Waals surface area contributed by atoms with Crippen molar-refractivity contribution >= 4 is 23.2 Å². The molecular weight excluding hydrogens is 396 g/mol. The maximum absolute atomic E-state index is 13.6. The van der Waals surface area contributed by atoms with Gasteiger partial charge in [-0.25, -0.2) is 19.9 Å². The van der Waals surface area contributed by atoms with Gasteiger partial charge in [-0.2, -0.15) is 13.8 Å². The quantitative estimate of drug-likeness (QED) is 0.629. The molecule has 0 spiro atoms. The highest BCUT2D eigenvalue weighted by atomic mass is 19.3. The Morgan fingerprint density at radius 1 is 1.13 bits per heavy atom. The molecule has 2 N–H and O–H groups in total. The second-order valence-electron chi connectivity index (χ2n) is 6.46. The summed E-state index contributed by atoms with van der Waals surface area (Å²) in [5.41, 5.74) is 2.09. The Morgan fingerprint density at radius 2 is 1.90 bits per heavy atom. The smallest absolute Gasteiger partial charge is 0.316 e. The number of aryl methyl sites for hydroxylation is 1. The number of aromatic nitrogens is 5. The molecule has 0 saturated carbocycles. The average molecular weight is 415 g/mol. The Labute approximate surface area is 171 Å². The third-order valence-corrected chi connectivity index (χ3v) is 3.81. The lowest BCUT2D eigenvalue weighted by Crippen LogP contribution is -2.13. The highest BCUT2D eigenvalue weighted by Crippen LogP contribution is 2.32. The second kappa shape index (κ2) is 8.31. The Balaban J connectivity index is 2.09. The van der Waals surface area contributed by atoms with Gasteiger partial charge in [-0.15, -0.1) is 0 Å². The zero-order chi connectivity index (χ0) is 21.9. The first kappa shape index (κ1) is 21.0. The SMILES string of the molecule is COc1nc(C)cc(-c2cnc(NC(C)=O)cc2Nc2ccnc(C(C)(F)F)n2)n1. The van der Waals surface area contributed by atoms with Crippen LogP contribution in [0.4, 0.5) is 26.1 Å². The number of amides is 1. The van der Waals surface area contributed by atoms with Crippen molar-refractivity contribution in [3.05, 3.63) is 42.1 Å². The number of hydrogen-bond acceptors (Lipinski definition) is 8. The number of alkyl halides is 2. The van der Waals surface area contributed by atoms with E-state index in [0.717, 1.165) is 6.92 Å². The van der Waals surface area contributed by atoms with E-state index in [-0.39, 0.29) is 23.6 Å². The molecular formula is C19H19F2N7O2. The van der Waals surface area contributed by atoms with Crippen LogP contribution in [0.3, 0.4) is 0 Å². The number of anilines is 3. The Bertz CT molecular complexity index is 1090. The minimum absolute atomic E-state index is 0.139. The first-order valence-corrected chi connectivity index (χ1v) is 8.82. The lowest BCUT2D eigenvalue weighted by molar-refractivity contribution is -0.114. The molecule has 3 aromatic heterocycles. The van der Waals surface area contributed by atoms with E-state index in [4.69, 9.17) is 4.74 Å². The van der Waals surface area contributed by atoms with E-state index < -0.39 is 11.7 Å². The van der Waals surface area contributed by atoms with Gasteiger partial charge in [-0.3, -0.25) is 4.79 Å². The van der Waals surface area contributed by atoms with E-state index in [0.29, 0.717) is 22.6 Å². The summed E-state index contributed by atoms with van der Waals surface area (Å²) in [7, 11) is 1.45. The lowest BCUT2D eigenvalue weighted by atomic mass is 10.1. The molecule has 0 fully saturated rings. The number of ether oxygens (including phenoxy) is 1. The van der Waals surface area contributed by atoms with Crippen molar-refractivity contribution in [3.63, 3.8) is 0 Å². The molecule has 0 aliphatic heterocycles. The molecule has 3 rings (SSSR count). The fourth-order valence-electron chi connectivity index (χ4n) is 2.56. The summed E-state index contributed by atoms with van der Waals surface area (Å²) in [6.07, 6.45) is 2.72. The largest absolute Gasteiger partial charge is 0.467 e. The number of halogens is 2. The van der Waals surface area contributed by atoms with Crippen molar-refractivity contribution in [1.29, 1.82) is 0 Å². The highest BCUT2D eigenvalue weighted by Gasteiger charge is 2.28. The Kier molecular flexibility index (Phi) is 5.81. The van der Waals surface area contributed by atoms with Crippen molar-refractivity contribution in [3.8, 4) is 17.3 Å². The average Bonchev–Trinajstić information content (AvgIpc) is 2.66. The number of nitrogens with one attached hydrogen (secondary N) is 2. The molecule has 0 saturated heterocycles. The number of nitrogens with zero attached hydrogens (tertiary/aromatic N) is 5. The summed E-state index contributed by atoms with van der Waals surface area (Å²) in [5, 5.41) is 5.56. The molecule has 30 heavy (non-hydrogen) atoms. The van der Waals surface area contributed by atoms with Gasteiger partial charge in [0.1, 0.15) is 11.6 Å².